The Kier molecular flexibility index (Phi) is 5.50. The van der Waals surface area contributed by atoms with E-state index in [9.17, 15) is 0 Å². The maximum absolute atomic E-state index is 5.42. The van der Waals surface area contributed by atoms with Gasteiger partial charge in [0.1, 0.15) is 18.0 Å². The van der Waals surface area contributed by atoms with Crippen molar-refractivity contribution in [1.29, 1.82) is 0 Å². The molecule has 0 radical (unpaired) electrons. The molecule has 4 rings (SSSR count). The van der Waals surface area contributed by atoms with E-state index >= 15 is 0 Å². The summed E-state index contributed by atoms with van der Waals surface area (Å²) in [5.41, 5.74) is 1.22. The van der Waals surface area contributed by atoms with Crippen molar-refractivity contribution in [2.45, 2.75) is 37.8 Å². The highest BCUT2D eigenvalue weighted by molar-refractivity contribution is 5.49. The zero-order chi connectivity index (χ0) is 17.6. The Balaban J connectivity index is 1.29. The van der Waals surface area contributed by atoms with Gasteiger partial charge in [-0.15, -0.1) is 0 Å². The molecule has 0 bridgehead atoms. The molecule has 0 atom stereocenters. The minimum absolute atomic E-state index is 0.483. The molecule has 1 aliphatic heterocycles. The molecule has 1 aliphatic carbocycles. The zero-order valence-electron chi connectivity index (χ0n) is 15.1. The van der Waals surface area contributed by atoms with Crippen LogP contribution in [0.3, 0.4) is 0 Å². The molecular formula is C20H27N5O. The van der Waals surface area contributed by atoms with Gasteiger partial charge in [-0.2, -0.15) is 0 Å². The van der Waals surface area contributed by atoms with Crippen molar-refractivity contribution in [3.05, 3.63) is 42.7 Å². The van der Waals surface area contributed by atoms with E-state index in [-0.39, 0.29) is 0 Å². The van der Waals surface area contributed by atoms with Gasteiger partial charge < -0.3 is 20.3 Å². The summed E-state index contributed by atoms with van der Waals surface area (Å²) in [6.07, 6.45) is 6.32. The number of aromatic nitrogens is 2. The second kappa shape index (κ2) is 8.36. The fraction of sp³-hybridized carbons (Fsp3) is 0.500. The smallest absolute Gasteiger partial charge is 0.134 e. The number of nitrogens with zero attached hydrogens (tertiary/aromatic N) is 3. The molecule has 0 amide bonds. The predicted molar refractivity (Wildman–Crippen MR) is 105 cm³/mol. The first kappa shape index (κ1) is 17.1. The Morgan fingerprint density at radius 3 is 2.31 bits per heavy atom. The van der Waals surface area contributed by atoms with Gasteiger partial charge in [0.05, 0.1) is 13.2 Å². The van der Waals surface area contributed by atoms with Crippen LogP contribution in [0.15, 0.2) is 42.7 Å². The average Bonchev–Trinajstić information content (AvgIpc) is 2.71. The molecule has 1 saturated carbocycles. The lowest BCUT2D eigenvalue weighted by Crippen LogP contribution is -2.37. The fourth-order valence-electron chi connectivity index (χ4n) is 3.75. The highest BCUT2D eigenvalue weighted by atomic mass is 16.5. The van der Waals surface area contributed by atoms with Gasteiger partial charge in [-0.25, -0.2) is 9.97 Å². The summed E-state index contributed by atoms with van der Waals surface area (Å²) in [6.45, 7) is 3.33. The van der Waals surface area contributed by atoms with Crippen LogP contribution < -0.4 is 15.5 Å². The number of para-hydroxylation sites is 1. The summed E-state index contributed by atoms with van der Waals surface area (Å²) in [5, 5.41) is 7.25. The average molecular weight is 353 g/mol. The van der Waals surface area contributed by atoms with Crippen molar-refractivity contribution in [3.8, 4) is 0 Å². The van der Waals surface area contributed by atoms with Crippen LogP contribution in [-0.4, -0.2) is 48.4 Å². The Labute approximate surface area is 155 Å². The third-order valence-electron chi connectivity index (χ3n) is 5.21. The molecule has 2 aromatic rings. The first-order chi connectivity index (χ1) is 12.9. The lowest BCUT2D eigenvalue weighted by atomic mass is 9.91. The second-order valence-electron chi connectivity index (χ2n) is 7.06. The van der Waals surface area contributed by atoms with Crippen LogP contribution in [0.1, 0.15) is 25.7 Å². The van der Waals surface area contributed by atoms with E-state index in [0.29, 0.717) is 12.1 Å². The van der Waals surface area contributed by atoms with E-state index in [1.807, 2.05) is 0 Å². The minimum Gasteiger partial charge on any atom is -0.382 e. The predicted octanol–water partition coefficient (Wildman–Crippen LogP) is 3.15. The van der Waals surface area contributed by atoms with Crippen LogP contribution in [0.5, 0.6) is 0 Å². The number of nitrogens with one attached hydrogen (secondary N) is 2. The number of hydrogen-bond donors (Lipinski definition) is 2. The zero-order valence-corrected chi connectivity index (χ0v) is 15.1. The normalized spacial score (nSPS) is 23.5. The molecule has 6 nitrogen and oxygen atoms in total. The third kappa shape index (κ3) is 4.43. The first-order valence-electron chi connectivity index (χ1n) is 9.60. The molecule has 138 valence electrons. The van der Waals surface area contributed by atoms with Crippen LogP contribution in [0.2, 0.25) is 0 Å². The number of rotatable bonds is 5. The molecule has 0 spiro atoms. The lowest BCUT2D eigenvalue weighted by molar-refractivity contribution is 0.122. The Morgan fingerprint density at radius 1 is 0.885 bits per heavy atom. The number of hydrogen-bond acceptors (Lipinski definition) is 6. The van der Waals surface area contributed by atoms with E-state index in [4.69, 9.17) is 4.74 Å². The topological polar surface area (TPSA) is 62.3 Å². The Hall–Kier alpha value is -2.34. The number of ether oxygens (including phenoxy) is 1. The molecule has 0 unspecified atom stereocenters. The quantitative estimate of drug-likeness (QED) is 0.861. The van der Waals surface area contributed by atoms with Gasteiger partial charge in [0.25, 0.3) is 0 Å². The highest BCUT2D eigenvalue weighted by Gasteiger charge is 2.21. The molecule has 1 aromatic carbocycles. The van der Waals surface area contributed by atoms with E-state index < -0.39 is 0 Å². The van der Waals surface area contributed by atoms with Crippen molar-refractivity contribution in [2.75, 3.05) is 41.8 Å². The summed E-state index contributed by atoms with van der Waals surface area (Å²) in [7, 11) is 0. The van der Waals surface area contributed by atoms with Crippen molar-refractivity contribution < 1.29 is 4.74 Å². The SMILES string of the molecule is c1ccc(N[C@H]2CC[C@H](Nc3cc(N4CCOCC4)ncn3)CC2)cc1. The fourth-order valence-corrected chi connectivity index (χ4v) is 3.75. The van der Waals surface area contributed by atoms with Gasteiger partial charge in [-0.05, 0) is 37.8 Å². The molecular weight excluding hydrogens is 326 g/mol. The molecule has 2 N–H and O–H groups in total. The van der Waals surface area contributed by atoms with Gasteiger partial charge in [0.2, 0.25) is 0 Å². The summed E-state index contributed by atoms with van der Waals surface area (Å²) in [6, 6.07) is 13.6. The van der Waals surface area contributed by atoms with Gasteiger partial charge in [-0.3, -0.25) is 0 Å². The molecule has 1 aromatic heterocycles. The molecule has 2 fully saturated rings. The largest absolute Gasteiger partial charge is 0.382 e. The summed E-state index contributed by atoms with van der Waals surface area (Å²) < 4.78 is 5.42. The lowest BCUT2D eigenvalue weighted by Gasteiger charge is -2.31. The summed E-state index contributed by atoms with van der Waals surface area (Å²) in [4.78, 5) is 11.1. The van der Waals surface area contributed by atoms with E-state index in [1.165, 1.54) is 18.5 Å². The molecule has 2 heterocycles. The van der Waals surface area contributed by atoms with E-state index in [0.717, 1.165) is 50.8 Å². The highest BCUT2D eigenvalue weighted by Crippen LogP contribution is 2.25. The Bertz CT molecular complexity index is 682. The van der Waals surface area contributed by atoms with Crippen molar-refractivity contribution in [3.63, 3.8) is 0 Å². The van der Waals surface area contributed by atoms with E-state index in [1.54, 1.807) is 6.33 Å². The van der Waals surface area contributed by atoms with Crippen LogP contribution in [0.25, 0.3) is 0 Å². The standard InChI is InChI=1S/C20H27N5O/c1-2-4-16(5-3-1)23-17-6-8-18(9-7-17)24-19-14-20(22-15-21-19)25-10-12-26-13-11-25/h1-5,14-15,17-18,23H,6-13H2,(H,21,22,24)/t17-,18-. The van der Waals surface area contributed by atoms with Gasteiger partial charge in [-0.1, -0.05) is 18.2 Å². The number of benzene rings is 1. The maximum atomic E-state index is 5.42. The van der Waals surface area contributed by atoms with Crippen LogP contribution in [0, 0.1) is 0 Å². The van der Waals surface area contributed by atoms with Crippen molar-refractivity contribution in [2.24, 2.45) is 0 Å². The summed E-state index contributed by atoms with van der Waals surface area (Å²) >= 11 is 0. The van der Waals surface area contributed by atoms with Crippen molar-refractivity contribution in [1.82, 2.24) is 9.97 Å². The van der Waals surface area contributed by atoms with Crippen LogP contribution in [-0.2, 0) is 4.74 Å². The Morgan fingerprint density at radius 2 is 1.58 bits per heavy atom. The molecule has 6 heteroatoms. The third-order valence-corrected chi connectivity index (χ3v) is 5.21. The molecule has 26 heavy (non-hydrogen) atoms. The van der Waals surface area contributed by atoms with Crippen molar-refractivity contribution >= 4 is 17.3 Å². The van der Waals surface area contributed by atoms with Gasteiger partial charge >= 0.3 is 0 Å². The summed E-state index contributed by atoms with van der Waals surface area (Å²) in [5.74, 6) is 1.92. The maximum Gasteiger partial charge on any atom is 0.134 e. The van der Waals surface area contributed by atoms with E-state index in [2.05, 4.69) is 61.9 Å². The molecule has 1 saturated heterocycles. The minimum atomic E-state index is 0.483. The first-order valence-corrected chi connectivity index (χ1v) is 9.60. The molecule has 2 aliphatic rings. The van der Waals surface area contributed by atoms with Gasteiger partial charge in [0.15, 0.2) is 0 Å². The number of anilines is 3. The monoisotopic (exact) mass is 353 g/mol. The number of morpholine rings is 1. The van der Waals surface area contributed by atoms with Gasteiger partial charge in [0, 0.05) is 36.9 Å². The van der Waals surface area contributed by atoms with Crippen LogP contribution in [0.4, 0.5) is 17.3 Å². The van der Waals surface area contributed by atoms with Crippen LogP contribution >= 0.6 is 0 Å². The second-order valence-corrected chi connectivity index (χ2v) is 7.06.